The smallest absolute Gasteiger partial charge is 0.145 e. The van der Waals surface area contributed by atoms with Crippen molar-refractivity contribution in [2.24, 2.45) is 10.1 Å². The van der Waals surface area contributed by atoms with Gasteiger partial charge < -0.3 is 14.8 Å². The highest BCUT2D eigenvalue weighted by Gasteiger charge is 1.96. The summed E-state index contributed by atoms with van der Waals surface area (Å²) in [6, 6.07) is 0. The first-order chi connectivity index (χ1) is 6.22. The zero-order chi connectivity index (χ0) is 10.1. The van der Waals surface area contributed by atoms with E-state index in [2.05, 4.69) is 10.1 Å². The number of hydrogen-bond donors (Lipinski definition) is 1. The third-order valence-corrected chi connectivity index (χ3v) is 1.41. The quantitative estimate of drug-likeness (QED) is 0.223. The van der Waals surface area contributed by atoms with Crippen molar-refractivity contribution in [2.45, 2.75) is 6.42 Å². The van der Waals surface area contributed by atoms with Crippen LogP contribution in [0.25, 0.3) is 0 Å². The van der Waals surface area contributed by atoms with Gasteiger partial charge in [0.25, 0.3) is 0 Å². The van der Waals surface area contributed by atoms with Crippen molar-refractivity contribution < 1.29 is 9.94 Å². The molecule has 0 heterocycles. The summed E-state index contributed by atoms with van der Waals surface area (Å²) in [5, 5.41) is 11.3. The van der Waals surface area contributed by atoms with Gasteiger partial charge in [0.1, 0.15) is 12.1 Å². The molecule has 1 N–H and O–H groups in total. The first-order valence-corrected chi connectivity index (χ1v) is 4.10. The van der Waals surface area contributed by atoms with Gasteiger partial charge in [-0.1, -0.05) is 5.16 Å². The number of amidine groups is 1. The molecule has 0 radical (unpaired) electrons. The third kappa shape index (κ3) is 6.10. The van der Waals surface area contributed by atoms with E-state index in [0.717, 1.165) is 6.42 Å². The van der Waals surface area contributed by atoms with Crippen molar-refractivity contribution in [3.05, 3.63) is 0 Å². The van der Waals surface area contributed by atoms with Crippen molar-refractivity contribution in [1.29, 1.82) is 0 Å². The van der Waals surface area contributed by atoms with Crippen LogP contribution in [0.1, 0.15) is 6.42 Å². The molecular weight excluding hydrogens is 170 g/mol. The highest BCUT2D eigenvalue weighted by Crippen LogP contribution is 1.86. The lowest BCUT2D eigenvalue weighted by Gasteiger charge is -2.10. The van der Waals surface area contributed by atoms with Gasteiger partial charge in [-0.15, -0.1) is 0 Å². The van der Waals surface area contributed by atoms with E-state index in [-0.39, 0.29) is 0 Å². The molecule has 0 aliphatic rings. The molecule has 0 saturated carbocycles. The first kappa shape index (κ1) is 11.9. The Morgan fingerprint density at radius 3 is 2.69 bits per heavy atom. The molecule has 0 spiro atoms. The van der Waals surface area contributed by atoms with E-state index in [4.69, 9.17) is 9.94 Å². The maximum Gasteiger partial charge on any atom is 0.145 e. The summed E-state index contributed by atoms with van der Waals surface area (Å²) in [4.78, 5) is 5.99. The van der Waals surface area contributed by atoms with Gasteiger partial charge in [-0.3, -0.25) is 4.99 Å². The second-order valence-electron chi connectivity index (χ2n) is 2.73. The lowest BCUT2D eigenvalue weighted by Crippen LogP contribution is -2.23. The molecule has 0 fully saturated rings. The van der Waals surface area contributed by atoms with Crippen LogP contribution in [0.4, 0.5) is 0 Å². The number of hydrogen-bond acceptors (Lipinski definition) is 4. The summed E-state index contributed by atoms with van der Waals surface area (Å²) < 4.78 is 4.88. The van der Waals surface area contributed by atoms with Crippen LogP contribution in [0.5, 0.6) is 0 Å². The summed E-state index contributed by atoms with van der Waals surface area (Å²) >= 11 is 0. The van der Waals surface area contributed by atoms with Crippen LogP contribution < -0.4 is 0 Å². The van der Waals surface area contributed by atoms with E-state index < -0.39 is 0 Å². The van der Waals surface area contributed by atoms with Gasteiger partial charge in [-0.2, -0.15) is 0 Å². The van der Waals surface area contributed by atoms with Crippen LogP contribution in [0.2, 0.25) is 0 Å². The van der Waals surface area contributed by atoms with E-state index >= 15 is 0 Å². The maximum atomic E-state index is 8.33. The highest BCUT2D eigenvalue weighted by atomic mass is 16.5. The van der Waals surface area contributed by atoms with Crippen LogP contribution in [-0.4, -0.2) is 56.5 Å². The van der Waals surface area contributed by atoms with Crippen molar-refractivity contribution in [3.8, 4) is 0 Å². The van der Waals surface area contributed by atoms with Gasteiger partial charge in [0.05, 0.1) is 0 Å². The van der Waals surface area contributed by atoms with Gasteiger partial charge >= 0.3 is 0 Å². The molecule has 0 atom stereocenters. The minimum Gasteiger partial charge on any atom is -0.411 e. The average molecular weight is 187 g/mol. The highest BCUT2D eigenvalue weighted by molar-refractivity contribution is 6.28. The topological polar surface area (TPSA) is 57.4 Å². The Balaban J connectivity index is 3.90. The predicted molar refractivity (Wildman–Crippen MR) is 52.8 cm³/mol. The molecule has 13 heavy (non-hydrogen) atoms. The minimum absolute atomic E-state index is 0.651. The number of methoxy groups -OCH3 is 1. The molecule has 76 valence electrons. The summed E-state index contributed by atoms with van der Waals surface area (Å²) in [5.74, 6) is 0.651. The van der Waals surface area contributed by atoms with Crippen molar-refractivity contribution >= 4 is 12.1 Å². The SMILES string of the molecule is COCCCN=C(C=NO)N(C)C. The fourth-order valence-corrected chi connectivity index (χ4v) is 0.752. The van der Waals surface area contributed by atoms with Crippen LogP contribution in [0.3, 0.4) is 0 Å². The summed E-state index contributed by atoms with van der Waals surface area (Å²) in [6.07, 6.45) is 2.18. The molecule has 5 nitrogen and oxygen atoms in total. The predicted octanol–water partition coefficient (Wildman–Crippen LogP) is 0.443. The fraction of sp³-hybridized carbons (Fsp3) is 0.750. The van der Waals surface area contributed by atoms with E-state index in [0.29, 0.717) is 19.0 Å². The molecule has 5 heteroatoms. The van der Waals surface area contributed by atoms with Crippen molar-refractivity contribution in [3.63, 3.8) is 0 Å². The normalized spacial score (nSPS) is 12.4. The Kier molecular flexibility index (Phi) is 6.91. The van der Waals surface area contributed by atoms with Gasteiger partial charge in [-0.25, -0.2) is 0 Å². The number of nitrogens with zero attached hydrogens (tertiary/aromatic N) is 3. The zero-order valence-corrected chi connectivity index (χ0v) is 8.40. The van der Waals surface area contributed by atoms with Crippen molar-refractivity contribution in [2.75, 3.05) is 34.4 Å². The standard InChI is InChI=1S/C8H17N3O2/c1-11(2)8(7-10-12)9-5-4-6-13-3/h7,12H,4-6H2,1-3H3. The molecule has 0 saturated heterocycles. The molecule has 0 rings (SSSR count). The van der Waals surface area contributed by atoms with Crippen LogP contribution in [0, 0.1) is 0 Å². The summed E-state index contributed by atoms with van der Waals surface area (Å²) in [6.45, 7) is 1.37. The first-order valence-electron chi connectivity index (χ1n) is 4.10. The lowest BCUT2D eigenvalue weighted by molar-refractivity contribution is 0.197. The Morgan fingerprint density at radius 2 is 2.23 bits per heavy atom. The molecule has 0 amide bonds. The van der Waals surface area contributed by atoms with Gasteiger partial charge in [0.15, 0.2) is 0 Å². The van der Waals surface area contributed by atoms with E-state index in [1.54, 1.807) is 12.0 Å². The Bertz CT molecular complexity index is 178. The maximum absolute atomic E-state index is 8.33. The Labute approximate surface area is 78.7 Å². The fourth-order valence-electron chi connectivity index (χ4n) is 0.752. The molecule has 0 aromatic rings. The third-order valence-electron chi connectivity index (χ3n) is 1.41. The summed E-state index contributed by atoms with van der Waals surface area (Å²) in [5.41, 5.74) is 0. The number of rotatable bonds is 5. The van der Waals surface area contributed by atoms with Crippen molar-refractivity contribution in [1.82, 2.24) is 4.90 Å². The largest absolute Gasteiger partial charge is 0.411 e. The minimum atomic E-state index is 0.651. The number of ether oxygens (including phenoxy) is 1. The van der Waals surface area contributed by atoms with E-state index in [9.17, 15) is 0 Å². The Morgan fingerprint density at radius 1 is 1.54 bits per heavy atom. The van der Waals surface area contributed by atoms with Gasteiger partial charge in [-0.05, 0) is 6.42 Å². The average Bonchev–Trinajstić information content (AvgIpc) is 2.10. The zero-order valence-electron chi connectivity index (χ0n) is 8.40. The second kappa shape index (κ2) is 7.54. The van der Waals surface area contributed by atoms with E-state index in [1.807, 2.05) is 14.1 Å². The molecular formula is C8H17N3O2. The van der Waals surface area contributed by atoms with Crippen LogP contribution in [0.15, 0.2) is 10.1 Å². The Hall–Kier alpha value is -1.10. The van der Waals surface area contributed by atoms with E-state index in [1.165, 1.54) is 6.21 Å². The lowest BCUT2D eigenvalue weighted by atomic mass is 10.4. The molecule has 0 unspecified atom stereocenters. The second-order valence-corrected chi connectivity index (χ2v) is 2.73. The summed E-state index contributed by atoms with van der Waals surface area (Å²) in [7, 11) is 5.35. The number of oxime groups is 1. The molecule has 0 aromatic carbocycles. The van der Waals surface area contributed by atoms with Crippen LogP contribution in [-0.2, 0) is 4.74 Å². The molecule has 0 aliphatic heterocycles. The molecule has 0 aromatic heterocycles. The van der Waals surface area contributed by atoms with Gasteiger partial charge in [0, 0.05) is 34.4 Å². The molecule has 0 aliphatic carbocycles. The monoisotopic (exact) mass is 187 g/mol. The number of aliphatic imine (C=N–C) groups is 1. The van der Waals surface area contributed by atoms with Crippen LogP contribution >= 0.6 is 0 Å². The molecule has 0 bridgehead atoms. The van der Waals surface area contributed by atoms with Gasteiger partial charge in [0.2, 0.25) is 0 Å².